The quantitative estimate of drug-likeness (QED) is 0.678. The van der Waals surface area contributed by atoms with Gasteiger partial charge in [0.15, 0.2) is 0 Å². The highest BCUT2D eigenvalue weighted by Gasteiger charge is 2.10. The molecule has 4 nitrogen and oxygen atoms in total. The van der Waals surface area contributed by atoms with Crippen molar-refractivity contribution in [3.8, 4) is 5.75 Å². The molecule has 1 aromatic rings. The summed E-state index contributed by atoms with van der Waals surface area (Å²) in [5.41, 5.74) is 1.28. The molecule has 3 N–H and O–H groups in total. The lowest BCUT2D eigenvalue weighted by Gasteiger charge is -2.10. The van der Waals surface area contributed by atoms with E-state index in [1.54, 1.807) is 12.1 Å². The van der Waals surface area contributed by atoms with Crippen molar-refractivity contribution in [1.29, 1.82) is 0 Å². The highest BCUT2D eigenvalue weighted by atomic mass is 16.3. The molecular formula is C13H20N2O2. The van der Waals surface area contributed by atoms with Crippen molar-refractivity contribution in [2.75, 3.05) is 13.1 Å². The molecule has 4 heteroatoms. The van der Waals surface area contributed by atoms with Crippen molar-refractivity contribution in [1.82, 2.24) is 10.6 Å². The molecule has 0 aliphatic rings. The van der Waals surface area contributed by atoms with E-state index in [9.17, 15) is 9.90 Å². The molecule has 0 spiro atoms. The Morgan fingerprint density at radius 2 is 2.06 bits per heavy atom. The fraction of sp³-hybridized carbons (Fsp3) is 0.462. The van der Waals surface area contributed by atoms with Crippen LogP contribution in [0, 0.1) is 6.92 Å². The second-order valence-electron chi connectivity index (χ2n) is 4.39. The third kappa shape index (κ3) is 4.44. The van der Waals surface area contributed by atoms with Crippen LogP contribution in [0.1, 0.15) is 29.8 Å². The first kappa shape index (κ1) is 13.5. The molecule has 0 bridgehead atoms. The SMILES string of the molecule is Cc1ccc(O)c(C(=O)NCCNC(C)C)c1. The van der Waals surface area contributed by atoms with E-state index in [4.69, 9.17) is 0 Å². The van der Waals surface area contributed by atoms with Crippen molar-refractivity contribution in [2.45, 2.75) is 26.8 Å². The van der Waals surface area contributed by atoms with Crippen LogP contribution in [0.5, 0.6) is 5.75 Å². The Labute approximate surface area is 102 Å². The minimum absolute atomic E-state index is 0.0184. The summed E-state index contributed by atoms with van der Waals surface area (Å²) in [5, 5.41) is 15.5. The van der Waals surface area contributed by atoms with Gasteiger partial charge in [0.1, 0.15) is 5.75 Å². The summed E-state index contributed by atoms with van der Waals surface area (Å²) >= 11 is 0. The largest absolute Gasteiger partial charge is 0.507 e. The Morgan fingerprint density at radius 1 is 1.35 bits per heavy atom. The van der Waals surface area contributed by atoms with E-state index in [2.05, 4.69) is 10.6 Å². The number of benzene rings is 1. The number of aromatic hydroxyl groups is 1. The highest BCUT2D eigenvalue weighted by molar-refractivity contribution is 5.96. The summed E-state index contributed by atoms with van der Waals surface area (Å²) in [7, 11) is 0. The summed E-state index contributed by atoms with van der Waals surface area (Å²) in [4.78, 5) is 11.8. The minimum atomic E-state index is -0.239. The van der Waals surface area contributed by atoms with Gasteiger partial charge in [-0.1, -0.05) is 25.5 Å². The zero-order chi connectivity index (χ0) is 12.8. The molecule has 0 radical (unpaired) electrons. The molecule has 0 unspecified atom stereocenters. The first-order chi connectivity index (χ1) is 8.00. The first-order valence-electron chi connectivity index (χ1n) is 5.82. The molecule has 0 atom stereocenters. The fourth-order valence-corrected chi connectivity index (χ4v) is 1.46. The molecule has 1 aromatic carbocycles. The Bertz CT molecular complexity index is 389. The number of rotatable bonds is 5. The number of phenolic OH excluding ortho intramolecular Hbond substituents is 1. The molecular weight excluding hydrogens is 216 g/mol. The van der Waals surface area contributed by atoms with E-state index in [0.29, 0.717) is 18.2 Å². The van der Waals surface area contributed by atoms with Gasteiger partial charge in [0, 0.05) is 19.1 Å². The van der Waals surface area contributed by atoms with Gasteiger partial charge in [-0.3, -0.25) is 4.79 Å². The summed E-state index contributed by atoms with van der Waals surface area (Å²) in [5.74, 6) is -0.221. The van der Waals surface area contributed by atoms with Crippen molar-refractivity contribution in [2.24, 2.45) is 0 Å². The average Bonchev–Trinajstić information content (AvgIpc) is 2.27. The van der Waals surface area contributed by atoms with Crippen molar-refractivity contribution < 1.29 is 9.90 Å². The molecule has 0 fully saturated rings. The van der Waals surface area contributed by atoms with Crippen molar-refractivity contribution >= 4 is 5.91 Å². The van der Waals surface area contributed by atoms with Crippen molar-refractivity contribution in [3.05, 3.63) is 29.3 Å². The van der Waals surface area contributed by atoms with Crippen molar-refractivity contribution in [3.63, 3.8) is 0 Å². The predicted molar refractivity (Wildman–Crippen MR) is 68.3 cm³/mol. The van der Waals surface area contributed by atoms with E-state index in [1.807, 2.05) is 20.8 Å². The van der Waals surface area contributed by atoms with Gasteiger partial charge in [-0.05, 0) is 19.1 Å². The van der Waals surface area contributed by atoms with E-state index in [1.165, 1.54) is 6.07 Å². The maximum Gasteiger partial charge on any atom is 0.255 e. The number of amides is 1. The van der Waals surface area contributed by atoms with Crippen LogP contribution in [0.15, 0.2) is 18.2 Å². The molecule has 1 rings (SSSR count). The molecule has 0 aliphatic heterocycles. The molecule has 94 valence electrons. The Hall–Kier alpha value is -1.55. The van der Waals surface area contributed by atoms with Crippen LogP contribution in [0.2, 0.25) is 0 Å². The van der Waals surface area contributed by atoms with E-state index in [0.717, 1.165) is 12.1 Å². The number of hydrogen-bond acceptors (Lipinski definition) is 3. The zero-order valence-electron chi connectivity index (χ0n) is 10.6. The van der Waals surface area contributed by atoms with Gasteiger partial charge in [0.05, 0.1) is 5.56 Å². The lowest BCUT2D eigenvalue weighted by molar-refractivity contribution is 0.0951. The lowest BCUT2D eigenvalue weighted by Crippen LogP contribution is -2.34. The Kier molecular flexibility index (Phi) is 4.97. The standard InChI is InChI=1S/C13H20N2O2/c1-9(2)14-6-7-15-13(17)11-8-10(3)4-5-12(11)16/h4-5,8-9,14,16H,6-7H2,1-3H3,(H,15,17). The number of carbonyl (C=O) groups is 1. The van der Waals surface area contributed by atoms with Crippen LogP contribution in [0.25, 0.3) is 0 Å². The molecule has 17 heavy (non-hydrogen) atoms. The van der Waals surface area contributed by atoms with Gasteiger partial charge in [-0.2, -0.15) is 0 Å². The average molecular weight is 236 g/mol. The molecule has 0 aliphatic carbocycles. The van der Waals surface area contributed by atoms with E-state index in [-0.39, 0.29) is 11.7 Å². The molecule has 0 saturated heterocycles. The lowest BCUT2D eigenvalue weighted by atomic mass is 10.1. The molecule has 0 heterocycles. The maximum atomic E-state index is 11.8. The van der Waals surface area contributed by atoms with E-state index < -0.39 is 0 Å². The fourth-order valence-electron chi connectivity index (χ4n) is 1.46. The summed E-state index contributed by atoms with van der Waals surface area (Å²) < 4.78 is 0. The zero-order valence-corrected chi connectivity index (χ0v) is 10.6. The van der Waals surface area contributed by atoms with Crippen LogP contribution in [0.3, 0.4) is 0 Å². The summed E-state index contributed by atoms with van der Waals surface area (Å²) in [6, 6.07) is 5.39. The second kappa shape index (κ2) is 6.25. The van der Waals surface area contributed by atoms with Crippen LogP contribution < -0.4 is 10.6 Å². The van der Waals surface area contributed by atoms with Crippen LogP contribution in [-0.4, -0.2) is 30.1 Å². The minimum Gasteiger partial charge on any atom is -0.507 e. The number of hydrogen-bond donors (Lipinski definition) is 3. The third-order valence-electron chi connectivity index (χ3n) is 2.36. The smallest absolute Gasteiger partial charge is 0.255 e. The molecule has 0 saturated carbocycles. The van der Waals surface area contributed by atoms with E-state index >= 15 is 0 Å². The summed E-state index contributed by atoms with van der Waals surface area (Å²) in [6.07, 6.45) is 0. The van der Waals surface area contributed by atoms with Gasteiger partial charge in [0.2, 0.25) is 0 Å². The number of carbonyl (C=O) groups excluding carboxylic acids is 1. The third-order valence-corrected chi connectivity index (χ3v) is 2.36. The molecule has 1 amide bonds. The summed E-state index contributed by atoms with van der Waals surface area (Å²) in [6.45, 7) is 7.25. The van der Waals surface area contributed by atoms with Gasteiger partial charge >= 0.3 is 0 Å². The Balaban J connectivity index is 2.49. The van der Waals surface area contributed by atoms with Gasteiger partial charge in [-0.15, -0.1) is 0 Å². The first-order valence-corrected chi connectivity index (χ1v) is 5.82. The number of phenols is 1. The van der Waals surface area contributed by atoms with Crippen LogP contribution in [0.4, 0.5) is 0 Å². The van der Waals surface area contributed by atoms with Gasteiger partial charge in [0.25, 0.3) is 5.91 Å². The van der Waals surface area contributed by atoms with Gasteiger partial charge in [-0.25, -0.2) is 0 Å². The monoisotopic (exact) mass is 236 g/mol. The maximum absolute atomic E-state index is 11.8. The highest BCUT2D eigenvalue weighted by Crippen LogP contribution is 2.17. The molecule has 0 aromatic heterocycles. The predicted octanol–water partition coefficient (Wildman–Crippen LogP) is 1.43. The topological polar surface area (TPSA) is 61.4 Å². The van der Waals surface area contributed by atoms with Gasteiger partial charge < -0.3 is 15.7 Å². The second-order valence-corrected chi connectivity index (χ2v) is 4.39. The van der Waals surface area contributed by atoms with Crippen LogP contribution in [-0.2, 0) is 0 Å². The van der Waals surface area contributed by atoms with Crippen LogP contribution >= 0.6 is 0 Å². The number of nitrogens with one attached hydrogen (secondary N) is 2. The number of aryl methyl sites for hydroxylation is 1. The normalized spacial score (nSPS) is 10.6. The Morgan fingerprint density at radius 3 is 2.71 bits per heavy atom.